The van der Waals surface area contributed by atoms with E-state index in [9.17, 15) is 0 Å². The largest absolute Gasteiger partial charge is 0.476 e. The number of nitrogens with zero attached hydrogens (tertiary/aromatic N) is 6. The molecule has 0 unspecified atom stereocenters. The molecular formula is C35H45ClN8O2. The molecule has 2 aromatic carbocycles. The molecule has 0 amide bonds. The van der Waals surface area contributed by atoms with Crippen molar-refractivity contribution in [1.82, 2.24) is 29.1 Å². The number of aromatic nitrogens is 6. The molecule has 0 radical (unpaired) electrons. The monoisotopic (exact) mass is 644 g/mol. The Labute approximate surface area is 276 Å². The van der Waals surface area contributed by atoms with Crippen molar-refractivity contribution in [2.24, 2.45) is 0 Å². The van der Waals surface area contributed by atoms with Gasteiger partial charge in [0.15, 0.2) is 5.15 Å². The van der Waals surface area contributed by atoms with Gasteiger partial charge in [0.05, 0.1) is 17.6 Å². The Morgan fingerprint density at radius 2 is 1.20 bits per heavy atom. The van der Waals surface area contributed by atoms with Gasteiger partial charge < -0.3 is 30.4 Å². The van der Waals surface area contributed by atoms with Crippen molar-refractivity contribution in [3.05, 3.63) is 101 Å². The van der Waals surface area contributed by atoms with Gasteiger partial charge >= 0.3 is 0 Å². The number of benzene rings is 2. The summed E-state index contributed by atoms with van der Waals surface area (Å²) in [5.74, 6) is 1.01. The molecule has 0 atom stereocenters. The standard InChI is InChI=1S/C17H20N4O.C13H11ClN4.C4H10O.CH4/c1-2-3-11-22-16-15-14(19-17(18)20-16)9-10-21(15)12-13-7-5-4-6-8-13;14-12-11-10(16-13(15)17-12)6-7-18(11)8-9-4-2-1-3-5-9;1-2-3-4-5;/h4-10H,2-3,11-12H2,1H3,(H2,18,19,20);1-7H,8H2,(H2,15,16,17);5H,2-4H2,1H3;1H4. The summed E-state index contributed by atoms with van der Waals surface area (Å²) in [6.45, 7) is 6.65. The second-order valence-corrected chi connectivity index (χ2v) is 10.7. The van der Waals surface area contributed by atoms with E-state index < -0.39 is 0 Å². The van der Waals surface area contributed by atoms with Crippen LogP contribution < -0.4 is 16.2 Å². The summed E-state index contributed by atoms with van der Waals surface area (Å²) in [6.07, 6.45) is 8.05. The van der Waals surface area contributed by atoms with Gasteiger partial charge in [-0.1, -0.05) is 106 Å². The Hall–Kier alpha value is -4.67. The van der Waals surface area contributed by atoms with E-state index in [2.05, 4.69) is 62.6 Å². The first-order valence-corrected chi connectivity index (χ1v) is 15.5. The first kappa shape index (κ1) is 35.8. The third-order valence-corrected chi connectivity index (χ3v) is 7.08. The first-order chi connectivity index (χ1) is 21.9. The highest BCUT2D eigenvalue weighted by Gasteiger charge is 2.13. The number of rotatable bonds is 10. The van der Waals surface area contributed by atoms with Gasteiger partial charge in [-0.3, -0.25) is 0 Å². The third kappa shape index (κ3) is 9.92. The van der Waals surface area contributed by atoms with Crippen LogP contribution in [0.25, 0.3) is 22.1 Å². The van der Waals surface area contributed by atoms with Crippen LogP contribution in [0.1, 0.15) is 58.1 Å². The highest BCUT2D eigenvalue weighted by Crippen LogP contribution is 2.26. The molecule has 6 rings (SSSR count). The summed E-state index contributed by atoms with van der Waals surface area (Å²) in [7, 11) is 0. The van der Waals surface area contributed by atoms with Crippen LogP contribution in [0.2, 0.25) is 5.15 Å². The molecule has 0 spiro atoms. The van der Waals surface area contributed by atoms with Crippen LogP contribution in [0, 0.1) is 0 Å². The molecule has 244 valence electrons. The maximum atomic E-state index is 8.07. The van der Waals surface area contributed by atoms with E-state index in [0.717, 1.165) is 60.8 Å². The predicted molar refractivity (Wildman–Crippen MR) is 189 cm³/mol. The molecule has 0 fully saturated rings. The molecule has 0 saturated heterocycles. The van der Waals surface area contributed by atoms with Crippen molar-refractivity contribution < 1.29 is 9.84 Å². The average molecular weight is 645 g/mol. The van der Waals surface area contributed by atoms with E-state index in [1.807, 2.05) is 65.5 Å². The summed E-state index contributed by atoms with van der Waals surface area (Å²) < 4.78 is 9.95. The summed E-state index contributed by atoms with van der Waals surface area (Å²) >= 11 is 6.12. The maximum absolute atomic E-state index is 8.07. The SMILES string of the molecule is C.CCCCO.CCCCOc1nc(N)nc2ccn(Cc3ccccc3)c12.Nc1nc(Cl)c2c(ccn2Cc2ccccc2)n1. The second-order valence-electron chi connectivity index (χ2n) is 10.4. The fraction of sp³-hybridized carbons (Fsp3) is 0.314. The zero-order valence-corrected chi connectivity index (χ0v) is 26.6. The van der Waals surface area contributed by atoms with E-state index in [4.69, 9.17) is 32.9 Å². The predicted octanol–water partition coefficient (Wildman–Crippen LogP) is 7.37. The van der Waals surface area contributed by atoms with Gasteiger partial charge in [-0.2, -0.15) is 9.97 Å². The molecule has 6 aromatic rings. The van der Waals surface area contributed by atoms with Crippen molar-refractivity contribution in [3.63, 3.8) is 0 Å². The number of aliphatic hydroxyl groups excluding tert-OH is 1. The zero-order valence-electron chi connectivity index (χ0n) is 25.8. The summed E-state index contributed by atoms with van der Waals surface area (Å²) in [5, 5.41) is 8.45. The highest BCUT2D eigenvalue weighted by molar-refractivity contribution is 6.33. The van der Waals surface area contributed by atoms with Gasteiger partial charge in [-0.05, 0) is 36.1 Å². The molecule has 0 aliphatic heterocycles. The minimum absolute atomic E-state index is 0. The Morgan fingerprint density at radius 1 is 0.696 bits per heavy atom. The third-order valence-electron chi connectivity index (χ3n) is 6.82. The minimum Gasteiger partial charge on any atom is -0.476 e. The van der Waals surface area contributed by atoms with Crippen molar-refractivity contribution in [1.29, 1.82) is 0 Å². The average Bonchev–Trinajstić information content (AvgIpc) is 3.63. The molecule has 0 aliphatic rings. The lowest BCUT2D eigenvalue weighted by Crippen LogP contribution is -2.06. The number of nitrogen functional groups attached to an aromatic ring is 2. The van der Waals surface area contributed by atoms with E-state index in [1.54, 1.807) is 0 Å². The molecule has 4 heterocycles. The molecule has 46 heavy (non-hydrogen) atoms. The number of hydrogen-bond donors (Lipinski definition) is 3. The lowest BCUT2D eigenvalue weighted by molar-refractivity contribution is 0.287. The van der Waals surface area contributed by atoms with Gasteiger partial charge in [-0.15, -0.1) is 0 Å². The van der Waals surface area contributed by atoms with Gasteiger partial charge in [-0.25, -0.2) is 9.97 Å². The number of fused-ring (bicyclic) bond motifs is 2. The second kappa shape index (κ2) is 18.3. The fourth-order valence-electron chi connectivity index (χ4n) is 4.56. The molecule has 5 N–H and O–H groups in total. The lowest BCUT2D eigenvalue weighted by Gasteiger charge is -2.10. The Morgan fingerprint density at radius 3 is 1.70 bits per heavy atom. The van der Waals surface area contributed by atoms with Crippen molar-refractivity contribution in [3.8, 4) is 5.88 Å². The molecule has 4 aromatic heterocycles. The summed E-state index contributed by atoms with van der Waals surface area (Å²) in [5.41, 5.74) is 17.1. The van der Waals surface area contributed by atoms with Gasteiger partial charge in [0.1, 0.15) is 11.0 Å². The lowest BCUT2D eigenvalue weighted by atomic mass is 10.2. The van der Waals surface area contributed by atoms with Gasteiger partial charge in [0.25, 0.3) is 0 Å². The smallest absolute Gasteiger partial charge is 0.243 e. The van der Waals surface area contributed by atoms with Gasteiger partial charge in [0.2, 0.25) is 17.8 Å². The molecule has 10 nitrogen and oxygen atoms in total. The number of unbranched alkanes of at least 4 members (excludes halogenated alkanes) is 2. The van der Waals surface area contributed by atoms with Crippen LogP contribution in [-0.4, -0.2) is 47.4 Å². The number of hydrogen-bond acceptors (Lipinski definition) is 8. The molecular weight excluding hydrogens is 600 g/mol. The Bertz CT molecular complexity index is 1760. The van der Waals surface area contributed by atoms with Crippen molar-refractivity contribution in [2.75, 3.05) is 24.7 Å². The van der Waals surface area contributed by atoms with Crippen molar-refractivity contribution >= 4 is 45.6 Å². The van der Waals surface area contributed by atoms with E-state index in [-0.39, 0.29) is 19.3 Å². The fourth-order valence-corrected chi connectivity index (χ4v) is 4.85. The van der Waals surface area contributed by atoms with E-state index in [0.29, 0.717) is 24.2 Å². The minimum atomic E-state index is 0. The number of anilines is 2. The molecule has 0 bridgehead atoms. The highest BCUT2D eigenvalue weighted by atomic mass is 35.5. The number of ether oxygens (including phenoxy) is 1. The van der Waals surface area contributed by atoms with Crippen LogP contribution in [0.4, 0.5) is 11.9 Å². The Kier molecular flexibility index (Phi) is 14.3. The topological polar surface area (TPSA) is 143 Å². The van der Waals surface area contributed by atoms with Crippen LogP contribution in [0.3, 0.4) is 0 Å². The van der Waals surface area contributed by atoms with E-state index >= 15 is 0 Å². The van der Waals surface area contributed by atoms with Crippen LogP contribution in [0.15, 0.2) is 85.2 Å². The summed E-state index contributed by atoms with van der Waals surface area (Å²) in [4.78, 5) is 16.7. The zero-order chi connectivity index (χ0) is 32.0. The molecule has 0 saturated carbocycles. The normalized spacial score (nSPS) is 10.4. The quantitative estimate of drug-likeness (QED) is 0.104. The number of aliphatic hydroxyl groups is 1. The number of nitrogens with two attached hydrogens (primary N) is 2. The maximum Gasteiger partial charge on any atom is 0.243 e. The van der Waals surface area contributed by atoms with Crippen molar-refractivity contribution in [2.45, 2.75) is 60.0 Å². The van der Waals surface area contributed by atoms with Crippen LogP contribution in [0.5, 0.6) is 5.88 Å². The van der Waals surface area contributed by atoms with Gasteiger partial charge in [0, 0.05) is 32.1 Å². The molecule has 0 aliphatic carbocycles. The first-order valence-electron chi connectivity index (χ1n) is 15.1. The summed E-state index contributed by atoms with van der Waals surface area (Å²) in [6, 6.07) is 24.3. The van der Waals surface area contributed by atoms with Crippen LogP contribution in [-0.2, 0) is 13.1 Å². The van der Waals surface area contributed by atoms with E-state index in [1.165, 1.54) is 11.1 Å². The molecule has 11 heteroatoms. The number of halogens is 1. The Balaban J connectivity index is 0.000000217. The van der Waals surface area contributed by atoms with Crippen LogP contribution >= 0.6 is 11.6 Å².